The summed E-state index contributed by atoms with van der Waals surface area (Å²) in [5, 5.41) is 0.849. The molecule has 0 spiro atoms. The van der Waals surface area contributed by atoms with Gasteiger partial charge in [-0.25, -0.2) is 0 Å². The molecule has 0 unspecified atom stereocenters. The van der Waals surface area contributed by atoms with Gasteiger partial charge >= 0.3 is 0 Å². The zero-order valence-corrected chi connectivity index (χ0v) is 28.8. The maximum absolute atomic E-state index is 12.4. The van der Waals surface area contributed by atoms with Crippen molar-refractivity contribution in [2.45, 2.75) is 64.0 Å². The standard InChI is InChI=1S/C44H43NO6/c1-32-22-23-38-37(26-46)25-45(39(38)24-32)44-43(50-30-36-20-12-5-13-21-36)42(49-29-35-18-10-4-11-19-35)41(48-28-34-16-8-3-9-17-34)40(51-44)31-47-27-33-14-6-2-7-15-33/h2-26,40-44H,27-31H2,1H3/t40-,41-,42+,43-,44-/m1/s1. The van der Waals surface area contributed by atoms with Crippen molar-refractivity contribution in [2.75, 3.05) is 6.61 Å². The quantitative estimate of drug-likeness (QED) is 0.101. The Labute approximate surface area is 299 Å². The summed E-state index contributed by atoms with van der Waals surface area (Å²) in [7, 11) is 0. The number of aldehydes is 1. The molecule has 51 heavy (non-hydrogen) atoms. The fourth-order valence-electron chi connectivity index (χ4n) is 6.68. The van der Waals surface area contributed by atoms with Gasteiger partial charge in [0.15, 0.2) is 12.5 Å². The van der Waals surface area contributed by atoms with E-state index in [1.165, 1.54) is 0 Å². The normalized spacial score (nSPS) is 20.4. The van der Waals surface area contributed by atoms with Crippen LogP contribution in [0.15, 0.2) is 146 Å². The number of hydrogen-bond donors (Lipinski definition) is 0. The number of carbonyl (C=O) groups is 1. The Balaban J connectivity index is 1.30. The lowest BCUT2D eigenvalue weighted by Crippen LogP contribution is -2.59. The first-order valence-electron chi connectivity index (χ1n) is 17.5. The smallest absolute Gasteiger partial charge is 0.163 e. The van der Waals surface area contributed by atoms with E-state index in [0.717, 1.165) is 45.0 Å². The minimum atomic E-state index is -0.672. The number of carbonyl (C=O) groups excluding carboxylic acids is 1. The number of rotatable bonds is 15. The van der Waals surface area contributed by atoms with E-state index in [2.05, 4.69) is 18.2 Å². The zero-order chi connectivity index (χ0) is 34.8. The van der Waals surface area contributed by atoms with Crippen molar-refractivity contribution in [1.82, 2.24) is 4.57 Å². The average Bonchev–Trinajstić information content (AvgIpc) is 3.55. The lowest BCUT2D eigenvalue weighted by atomic mass is 9.96. The first-order valence-corrected chi connectivity index (χ1v) is 17.5. The van der Waals surface area contributed by atoms with E-state index in [4.69, 9.17) is 23.7 Å². The van der Waals surface area contributed by atoms with Crippen molar-refractivity contribution in [3.05, 3.63) is 179 Å². The highest BCUT2D eigenvalue weighted by atomic mass is 16.6. The molecule has 2 heterocycles. The molecule has 260 valence electrons. The van der Waals surface area contributed by atoms with E-state index >= 15 is 0 Å². The monoisotopic (exact) mass is 681 g/mol. The number of hydrogen-bond acceptors (Lipinski definition) is 6. The maximum atomic E-state index is 12.4. The van der Waals surface area contributed by atoms with Crippen molar-refractivity contribution in [3.8, 4) is 0 Å². The van der Waals surface area contributed by atoms with E-state index < -0.39 is 30.6 Å². The topological polar surface area (TPSA) is 68.2 Å². The van der Waals surface area contributed by atoms with Crippen LogP contribution in [0.1, 0.15) is 44.4 Å². The molecule has 7 nitrogen and oxygen atoms in total. The van der Waals surface area contributed by atoms with Crippen LogP contribution < -0.4 is 0 Å². The molecule has 1 aromatic heterocycles. The van der Waals surface area contributed by atoms with Crippen molar-refractivity contribution in [3.63, 3.8) is 0 Å². The highest BCUT2D eigenvalue weighted by molar-refractivity contribution is 5.98. The number of fused-ring (bicyclic) bond motifs is 1. The second-order valence-corrected chi connectivity index (χ2v) is 13.0. The third-order valence-electron chi connectivity index (χ3n) is 9.28. The minimum Gasteiger partial charge on any atom is -0.374 e. The number of ether oxygens (including phenoxy) is 5. The molecular weight excluding hydrogens is 638 g/mol. The Bertz CT molecular complexity index is 1970. The van der Waals surface area contributed by atoms with Crippen molar-refractivity contribution in [2.24, 2.45) is 0 Å². The van der Waals surface area contributed by atoms with Gasteiger partial charge in [0.05, 0.1) is 38.6 Å². The van der Waals surface area contributed by atoms with Crippen LogP contribution in [0.4, 0.5) is 0 Å². The van der Waals surface area contributed by atoms with Crippen molar-refractivity contribution < 1.29 is 28.5 Å². The van der Waals surface area contributed by atoms with E-state index in [9.17, 15) is 4.79 Å². The van der Waals surface area contributed by atoms with Crippen molar-refractivity contribution in [1.29, 1.82) is 0 Å². The van der Waals surface area contributed by atoms with Crippen LogP contribution in [0.2, 0.25) is 0 Å². The van der Waals surface area contributed by atoms with Gasteiger partial charge in [-0.3, -0.25) is 4.79 Å². The van der Waals surface area contributed by atoms with Crippen molar-refractivity contribution >= 4 is 17.2 Å². The van der Waals surface area contributed by atoms with Gasteiger partial charge in [0.2, 0.25) is 0 Å². The Kier molecular flexibility index (Phi) is 11.4. The predicted octanol–water partition coefficient (Wildman–Crippen LogP) is 8.63. The van der Waals surface area contributed by atoms with Crippen LogP contribution in [0.5, 0.6) is 0 Å². The summed E-state index contributed by atoms with van der Waals surface area (Å²) >= 11 is 0. The van der Waals surface area contributed by atoms with E-state index in [1.807, 2.05) is 139 Å². The summed E-state index contributed by atoms with van der Waals surface area (Å²) in [6.07, 6.45) is -0.222. The number of aromatic nitrogens is 1. The fraction of sp³-hybridized carbons (Fsp3) is 0.250. The largest absolute Gasteiger partial charge is 0.374 e. The van der Waals surface area contributed by atoms with Crippen LogP contribution in [0.3, 0.4) is 0 Å². The third kappa shape index (κ3) is 8.53. The van der Waals surface area contributed by atoms with Gasteiger partial charge < -0.3 is 28.3 Å². The molecule has 7 rings (SSSR count). The number of aryl methyl sites for hydroxylation is 1. The highest BCUT2D eigenvalue weighted by Crippen LogP contribution is 2.38. The maximum Gasteiger partial charge on any atom is 0.163 e. The molecule has 1 aliphatic rings. The van der Waals surface area contributed by atoms with Gasteiger partial charge in [-0.05, 0) is 40.8 Å². The SMILES string of the molecule is Cc1ccc2c(C=O)cn([C@@H]3O[C@H](COCc4ccccc4)[C@@H](OCc4ccccc4)[C@H](OCc4ccccc4)[C@H]3OCc3ccccc3)c2c1. The van der Waals surface area contributed by atoms with Gasteiger partial charge in [-0.1, -0.05) is 133 Å². The predicted molar refractivity (Wildman–Crippen MR) is 197 cm³/mol. The molecule has 5 atom stereocenters. The first kappa shape index (κ1) is 34.6. The minimum absolute atomic E-state index is 0.250. The molecule has 0 amide bonds. The number of nitrogens with zero attached hydrogens (tertiary/aromatic N) is 1. The fourth-order valence-corrected chi connectivity index (χ4v) is 6.68. The Hall–Kier alpha value is -4.89. The molecule has 1 saturated heterocycles. The molecule has 0 bridgehead atoms. The van der Waals surface area contributed by atoms with Crippen LogP contribution in [-0.4, -0.2) is 41.9 Å². The lowest BCUT2D eigenvalue weighted by molar-refractivity contribution is -0.289. The van der Waals surface area contributed by atoms with Crippen LogP contribution >= 0.6 is 0 Å². The zero-order valence-electron chi connectivity index (χ0n) is 28.8. The van der Waals surface area contributed by atoms with E-state index in [0.29, 0.717) is 32.0 Å². The van der Waals surface area contributed by atoms with Gasteiger partial charge in [0.1, 0.15) is 24.4 Å². The van der Waals surface area contributed by atoms with Gasteiger partial charge in [-0.2, -0.15) is 0 Å². The molecule has 6 aromatic rings. The third-order valence-corrected chi connectivity index (χ3v) is 9.28. The molecule has 0 aliphatic carbocycles. The molecule has 1 fully saturated rings. The molecule has 5 aromatic carbocycles. The molecular formula is C44H43NO6. The number of benzene rings is 5. The molecule has 1 aliphatic heterocycles. The van der Waals surface area contributed by atoms with Gasteiger partial charge in [0.25, 0.3) is 0 Å². The van der Waals surface area contributed by atoms with E-state index in [1.54, 1.807) is 0 Å². The summed E-state index contributed by atoms with van der Waals surface area (Å²) in [5.41, 5.74) is 6.69. The second kappa shape index (κ2) is 16.9. The molecule has 7 heteroatoms. The summed E-state index contributed by atoms with van der Waals surface area (Å²) in [4.78, 5) is 12.4. The van der Waals surface area contributed by atoms with E-state index in [-0.39, 0.29) is 6.61 Å². The highest BCUT2D eigenvalue weighted by Gasteiger charge is 2.49. The lowest BCUT2D eigenvalue weighted by Gasteiger charge is -2.46. The summed E-state index contributed by atoms with van der Waals surface area (Å²) in [6.45, 7) is 3.74. The molecule has 0 N–H and O–H groups in total. The van der Waals surface area contributed by atoms with Crippen LogP contribution in [0, 0.1) is 6.92 Å². The van der Waals surface area contributed by atoms with Crippen LogP contribution in [-0.2, 0) is 50.1 Å². The molecule has 0 saturated carbocycles. The Morgan fingerprint density at radius 1 is 0.608 bits per heavy atom. The van der Waals surface area contributed by atoms with Gasteiger partial charge in [0, 0.05) is 17.1 Å². The Morgan fingerprint density at radius 2 is 1.10 bits per heavy atom. The van der Waals surface area contributed by atoms with Crippen LogP contribution in [0.25, 0.3) is 10.9 Å². The second-order valence-electron chi connectivity index (χ2n) is 13.0. The average molecular weight is 682 g/mol. The summed E-state index contributed by atoms with van der Waals surface area (Å²) in [6, 6.07) is 46.5. The summed E-state index contributed by atoms with van der Waals surface area (Å²) < 4.78 is 36.1. The Morgan fingerprint density at radius 3 is 1.63 bits per heavy atom. The summed E-state index contributed by atoms with van der Waals surface area (Å²) in [5.74, 6) is 0. The first-order chi connectivity index (χ1) is 25.2. The van der Waals surface area contributed by atoms with Gasteiger partial charge in [-0.15, -0.1) is 0 Å². The molecule has 0 radical (unpaired) electrons.